The molecule has 0 aliphatic carbocycles. The molecule has 0 fully saturated rings. The van der Waals surface area contributed by atoms with Gasteiger partial charge in [0.25, 0.3) is 0 Å². The van der Waals surface area contributed by atoms with Crippen LogP contribution in [0.15, 0.2) is 223 Å². The van der Waals surface area contributed by atoms with E-state index in [0.717, 1.165) is 81.5 Å². The fourth-order valence-electron chi connectivity index (χ4n) is 10.9. The molecule has 80 heavy (non-hydrogen) atoms. The first-order valence-corrected chi connectivity index (χ1v) is 27.3. The Kier molecular flexibility index (Phi) is 15.9. The number of benzene rings is 9. The number of nitrogens with zero attached hydrogens (tertiary/aromatic N) is 4. The molecule has 0 saturated carbocycles. The van der Waals surface area contributed by atoms with Gasteiger partial charge in [0.05, 0.1) is 11.4 Å². The minimum Gasteiger partial charge on any atom is -0.501 e. The first-order chi connectivity index (χ1) is 38.7. The van der Waals surface area contributed by atoms with E-state index in [4.69, 9.17) is 9.40 Å². The number of imidazole rings is 1. The molecule has 392 valence electrons. The minimum absolute atomic E-state index is 0. The quantitative estimate of drug-likeness (QED) is 0.0853. The largest absolute Gasteiger partial charge is 3.00 e. The van der Waals surface area contributed by atoms with E-state index in [9.17, 15) is 4.39 Å². The van der Waals surface area contributed by atoms with E-state index < -0.39 is 0 Å². The number of pyridine rings is 2. The van der Waals surface area contributed by atoms with Crippen molar-refractivity contribution in [2.24, 2.45) is 0 Å². The fraction of sp³-hybridized carbons (Fsp3) is 0.137. The number of hydrogen-bond acceptors (Lipinski definition) is 4. The molecule has 0 unspecified atom stereocenters. The maximum absolute atomic E-state index is 13.2. The standard InChI is InChI=1S/C38H29FN2.C35H29N2O.Ir/c39-36-20-18-34(19-21-36)38-22-15-29(27-41-38)10-12-31-24-30(25-35(26-31)32-6-2-1-3-7-32)11-9-28-13-16-33(17-14-28)37-8-4-5-23-40-37;1-21(2)25-11-7-12-26(22(3)4)33(25)37-18-17-36-35(37)29-14-8-13-28-31-19-24-16-15-23-9-5-6-10-27(23)30(24)20-32(31)38-34(28)29;/h1-8,13-16,18,20-27H,9-12H2;5-13,15-22H,1-4H3;/q-2;-1;+3. The summed E-state index contributed by atoms with van der Waals surface area (Å²) in [6.45, 7) is 9.00. The van der Waals surface area contributed by atoms with E-state index in [1.54, 1.807) is 6.07 Å². The molecule has 0 amide bonds. The third-order valence-electron chi connectivity index (χ3n) is 15.0. The number of aryl methyl sites for hydroxylation is 4. The van der Waals surface area contributed by atoms with E-state index in [-0.39, 0.29) is 25.9 Å². The maximum atomic E-state index is 13.2. The number of hydrogen-bond donors (Lipinski definition) is 0. The predicted molar refractivity (Wildman–Crippen MR) is 322 cm³/mol. The Balaban J connectivity index is 0.000000167. The van der Waals surface area contributed by atoms with Gasteiger partial charge >= 0.3 is 20.1 Å². The Morgan fingerprint density at radius 3 is 1.89 bits per heavy atom. The Labute approximate surface area is 481 Å². The summed E-state index contributed by atoms with van der Waals surface area (Å²) in [6, 6.07) is 76.4. The van der Waals surface area contributed by atoms with E-state index in [2.05, 4.69) is 212 Å². The molecule has 4 aromatic heterocycles. The average Bonchev–Trinajstić information content (AvgIpc) is 4.18. The molecular weight excluding hydrogens is 1160 g/mol. The molecular formula is C73H58FIrN4O. The monoisotopic (exact) mass is 1220 g/mol. The number of aromatic nitrogens is 4. The normalized spacial score (nSPS) is 11.4. The molecule has 0 spiro atoms. The van der Waals surface area contributed by atoms with Crippen LogP contribution in [0, 0.1) is 24.0 Å². The molecule has 0 aliphatic rings. The Morgan fingerprint density at radius 1 is 0.500 bits per heavy atom. The molecule has 0 saturated heterocycles. The molecule has 0 N–H and O–H groups in total. The number of halogens is 1. The van der Waals surface area contributed by atoms with Crippen LogP contribution in [0.1, 0.15) is 72.9 Å². The SMILES string of the molecule is CC(C)c1cccc(C(C)C)c1-n1ccnc1-c1[c-]ccc2c1oc1cc3c(ccc4ccccc43)cc12.Fc1c[c-]c(-c2ccc(CCc3cc(CCc4c[c-]c(-c5ccccn5)cc4)cc(-c4ccccc4)c3)cn2)cc1.[Ir+3]. The van der Waals surface area contributed by atoms with Crippen molar-refractivity contribution in [1.82, 2.24) is 19.5 Å². The Morgan fingerprint density at radius 2 is 1.19 bits per heavy atom. The van der Waals surface area contributed by atoms with Gasteiger partial charge < -0.3 is 19.0 Å². The summed E-state index contributed by atoms with van der Waals surface area (Å²) in [5.74, 6) is 1.32. The molecule has 0 bridgehead atoms. The summed E-state index contributed by atoms with van der Waals surface area (Å²) in [6.07, 6.45) is 11.4. The topological polar surface area (TPSA) is 56.7 Å². The van der Waals surface area contributed by atoms with Crippen molar-refractivity contribution < 1.29 is 28.9 Å². The summed E-state index contributed by atoms with van der Waals surface area (Å²) < 4.78 is 22.1. The zero-order valence-electron chi connectivity index (χ0n) is 45.2. The minimum atomic E-state index is -0.292. The Bertz CT molecular complexity index is 4220. The van der Waals surface area contributed by atoms with E-state index in [1.165, 1.54) is 83.9 Å². The van der Waals surface area contributed by atoms with Gasteiger partial charge in [0.2, 0.25) is 0 Å². The number of furan rings is 1. The van der Waals surface area contributed by atoms with Gasteiger partial charge in [-0.3, -0.25) is 9.37 Å². The van der Waals surface area contributed by atoms with E-state index in [0.29, 0.717) is 11.8 Å². The molecule has 9 aromatic carbocycles. The van der Waals surface area contributed by atoms with E-state index in [1.807, 2.05) is 48.9 Å². The van der Waals surface area contributed by atoms with Crippen molar-refractivity contribution in [2.45, 2.75) is 65.2 Å². The van der Waals surface area contributed by atoms with Gasteiger partial charge in [-0.05, 0) is 121 Å². The molecule has 4 heterocycles. The van der Waals surface area contributed by atoms with Crippen LogP contribution in [0.3, 0.4) is 0 Å². The third-order valence-corrected chi connectivity index (χ3v) is 15.0. The van der Waals surface area contributed by atoms with Crippen LogP contribution in [0.25, 0.3) is 94.2 Å². The van der Waals surface area contributed by atoms with Crippen LogP contribution in [0.2, 0.25) is 0 Å². The summed E-state index contributed by atoms with van der Waals surface area (Å²) in [5.41, 5.74) is 17.5. The summed E-state index contributed by atoms with van der Waals surface area (Å²) in [7, 11) is 0. The third kappa shape index (κ3) is 11.3. The molecule has 13 aromatic rings. The summed E-state index contributed by atoms with van der Waals surface area (Å²) in [4.78, 5) is 13.9. The van der Waals surface area contributed by atoms with E-state index >= 15 is 0 Å². The van der Waals surface area contributed by atoms with Crippen molar-refractivity contribution >= 4 is 43.5 Å². The number of para-hydroxylation sites is 1. The average molecular weight is 1220 g/mol. The number of rotatable bonds is 13. The zero-order valence-corrected chi connectivity index (χ0v) is 47.6. The maximum Gasteiger partial charge on any atom is 3.00 e. The molecule has 0 radical (unpaired) electrons. The number of fused-ring (bicyclic) bond motifs is 6. The second-order valence-electron chi connectivity index (χ2n) is 21.0. The van der Waals surface area contributed by atoms with Crippen LogP contribution in [0.5, 0.6) is 0 Å². The van der Waals surface area contributed by atoms with Crippen molar-refractivity contribution in [3.05, 3.63) is 276 Å². The zero-order chi connectivity index (χ0) is 53.8. The first kappa shape index (κ1) is 53.4. The smallest absolute Gasteiger partial charge is 0.501 e. The van der Waals surface area contributed by atoms with Gasteiger partial charge in [-0.15, -0.1) is 83.4 Å². The second-order valence-corrected chi connectivity index (χ2v) is 21.0. The first-order valence-electron chi connectivity index (χ1n) is 27.3. The van der Waals surface area contributed by atoms with Gasteiger partial charge in [-0.25, -0.2) is 0 Å². The Hall–Kier alpha value is -8.61. The van der Waals surface area contributed by atoms with Crippen LogP contribution in [-0.2, 0) is 45.8 Å². The molecule has 5 nitrogen and oxygen atoms in total. The van der Waals surface area contributed by atoms with Gasteiger partial charge in [0.15, 0.2) is 0 Å². The van der Waals surface area contributed by atoms with Crippen LogP contribution in [0.4, 0.5) is 4.39 Å². The van der Waals surface area contributed by atoms with Gasteiger partial charge in [-0.2, -0.15) is 0 Å². The van der Waals surface area contributed by atoms with Crippen molar-refractivity contribution in [3.63, 3.8) is 0 Å². The summed E-state index contributed by atoms with van der Waals surface area (Å²) in [5, 5.41) is 7.08. The van der Waals surface area contributed by atoms with Crippen molar-refractivity contribution in [1.29, 1.82) is 0 Å². The van der Waals surface area contributed by atoms with Gasteiger partial charge in [0.1, 0.15) is 5.58 Å². The second kappa shape index (κ2) is 23.8. The fourth-order valence-corrected chi connectivity index (χ4v) is 10.9. The van der Waals surface area contributed by atoms with Crippen LogP contribution >= 0.6 is 0 Å². The van der Waals surface area contributed by atoms with Crippen LogP contribution < -0.4 is 0 Å². The summed E-state index contributed by atoms with van der Waals surface area (Å²) >= 11 is 0. The van der Waals surface area contributed by atoms with Crippen LogP contribution in [-0.4, -0.2) is 19.5 Å². The molecule has 0 aliphatic heterocycles. The van der Waals surface area contributed by atoms with Gasteiger partial charge in [-0.1, -0.05) is 172 Å². The molecule has 13 rings (SSSR count). The molecule has 7 heteroatoms. The van der Waals surface area contributed by atoms with Gasteiger partial charge in [0, 0.05) is 41.7 Å². The predicted octanol–water partition coefficient (Wildman–Crippen LogP) is 18.6. The van der Waals surface area contributed by atoms with Crippen molar-refractivity contribution in [3.8, 4) is 50.7 Å². The van der Waals surface area contributed by atoms with Crippen molar-refractivity contribution in [2.75, 3.05) is 0 Å². The molecule has 0 atom stereocenters.